The van der Waals surface area contributed by atoms with Gasteiger partial charge in [0.1, 0.15) is 12.1 Å². The van der Waals surface area contributed by atoms with Crippen molar-refractivity contribution in [2.45, 2.75) is 26.2 Å². The number of benzene rings is 2. The molecule has 1 atom stereocenters. The summed E-state index contributed by atoms with van der Waals surface area (Å²) >= 11 is 0. The number of aldehydes is 1. The van der Waals surface area contributed by atoms with Gasteiger partial charge in [0.05, 0.1) is 6.54 Å². The number of halogens is 1. The Morgan fingerprint density at radius 1 is 1.09 bits per heavy atom. The first-order valence-electron chi connectivity index (χ1n) is 11.6. The third kappa shape index (κ3) is 6.86. The number of hydrogen-bond donors (Lipinski definition) is 1. The highest BCUT2D eigenvalue weighted by molar-refractivity contribution is 5.55. The monoisotopic (exact) mass is 449 g/mol. The number of nitrogens with zero attached hydrogens (tertiary/aromatic N) is 2. The molecule has 1 N–H and O–H groups in total. The van der Waals surface area contributed by atoms with Crippen LogP contribution in [0.4, 0.5) is 10.1 Å². The van der Waals surface area contributed by atoms with E-state index in [-0.39, 0.29) is 11.2 Å². The molecule has 33 heavy (non-hydrogen) atoms. The quantitative estimate of drug-likeness (QED) is 0.619. The van der Waals surface area contributed by atoms with Gasteiger partial charge in [-0.15, -0.1) is 0 Å². The number of piperidine rings is 1. The van der Waals surface area contributed by atoms with E-state index in [1.54, 1.807) is 12.1 Å². The molecule has 1 unspecified atom stereocenters. The average Bonchev–Trinajstić information content (AvgIpc) is 2.76. The Hall–Kier alpha value is -2.76. The number of rotatable bonds is 6. The zero-order valence-electron chi connectivity index (χ0n) is 20.3. The number of allylic oxidation sites excluding steroid dienone is 2. The van der Waals surface area contributed by atoms with E-state index >= 15 is 0 Å². The summed E-state index contributed by atoms with van der Waals surface area (Å²) < 4.78 is 13.2. The summed E-state index contributed by atoms with van der Waals surface area (Å²) in [5, 5.41) is 3.48. The van der Waals surface area contributed by atoms with E-state index in [0.717, 1.165) is 50.0 Å². The van der Waals surface area contributed by atoms with Gasteiger partial charge in [-0.3, -0.25) is 4.90 Å². The maximum Gasteiger partial charge on any atom is 0.133 e. The molecule has 0 saturated carbocycles. The van der Waals surface area contributed by atoms with Crippen molar-refractivity contribution in [3.63, 3.8) is 0 Å². The maximum atomic E-state index is 13.2. The molecule has 1 aliphatic heterocycles. The number of hydrogen-bond acceptors (Lipinski definition) is 4. The molecule has 2 aromatic rings. The Balaban J connectivity index is 0.000000709. The van der Waals surface area contributed by atoms with Crippen LogP contribution in [0.2, 0.25) is 0 Å². The zero-order valence-corrected chi connectivity index (χ0v) is 20.3. The summed E-state index contributed by atoms with van der Waals surface area (Å²) in [5.41, 5.74) is 6.08. The van der Waals surface area contributed by atoms with Crippen molar-refractivity contribution in [1.82, 2.24) is 9.80 Å². The van der Waals surface area contributed by atoms with E-state index in [2.05, 4.69) is 47.5 Å². The number of anilines is 1. The van der Waals surface area contributed by atoms with Gasteiger partial charge >= 0.3 is 0 Å². The Labute approximate surface area is 197 Å². The molecule has 4 nitrogen and oxygen atoms in total. The van der Waals surface area contributed by atoms with Crippen LogP contribution in [0.3, 0.4) is 0 Å². The van der Waals surface area contributed by atoms with E-state index in [4.69, 9.17) is 0 Å². The van der Waals surface area contributed by atoms with Crippen molar-refractivity contribution < 1.29 is 9.18 Å². The first-order valence-corrected chi connectivity index (χ1v) is 11.6. The van der Waals surface area contributed by atoms with Crippen LogP contribution >= 0.6 is 0 Å². The Kier molecular flexibility index (Phi) is 8.59. The lowest BCUT2D eigenvalue weighted by atomic mass is 9.65. The van der Waals surface area contributed by atoms with E-state index in [1.807, 2.05) is 32.1 Å². The average molecular weight is 450 g/mol. The molecule has 4 rings (SSSR count). The van der Waals surface area contributed by atoms with E-state index in [0.29, 0.717) is 6.54 Å². The minimum atomic E-state index is -0.229. The van der Waals surface area contributed by atoms with Crippen LogP contribution in [0.5, 0.6) is 0 Å². The second-order valence-electron chi connectivity index (χ2n) is 9.61. The Morgan fingerprint density at radius 3 is 2.39 bits per heavy atom. The summed E-state index contributed by atoms with van der Waals surface area (Å²) in [6.45, 7) is 4.47. The van der Waals surface area contributed by atoms with Crippen LogP contribution in [0.15, 0.2) is 77.5 Å². The van der Waals surface area contributed by atoms with E-state index in [9.17, 15) is 9.18 Å². The van der Waals surface area contributed by atoms with Crippen LogP contribution in [-0.2, 0) is 11.2 Å². The summed E-state index contributed by atoms with van der Waals surface area (Å²) in [6.07, 6.45) is 6.19. The number of carbonyl (C=O) groups excluding carboxylic acids is 1. The van der Waals surface area contributed by atoms with Crippen molar-refractivity contribution in [3.05, 3.63) is 88.9 Å². The van der Waals surface area contributed by atoms with Crippen LogP contribution < -0.4 is 5.32 Å². The highest BCUT2D eigenvalue weighted by Crippen LogP contribution is 2.47. The summed E-state index contributed by atoms with van der Waals surface area (Å²) in [5.74, 6) is -0.229. The van der Waals surface area contributed by atoms with Gasteiger partial charge in [-0.25, -0.2) is 4.39 Å². The molecule has 1 heterocycles. The standard InChI is InChI=1S/C25H27FN2O.C3H9N/c1-19-16-25(17-20-5-3-2-4-6-20)18-28(13-14-29)12-11-21(25)15-24(19)27-23-9-7-22(26)8-10-23;1-4(2)3/h2-10,14-15,27H,11-13,16-18H2,1H3;1-3H3. The lowest BCUT2D eigenvalue weighted by molar-refractivity contribution is -0.109. The molecule has 1 fully saturated rings. The highest BCUT2D eigenvalue weighted by atomic mass is 19.1. The smallest absolute Gasteiger partial charge is 0.133 e. The predicted molar refractivity (Wildman–Crippen MR) is 135 cm³/mol. The minimum Gasteiger partial charge on any atom is -0.356 e. The highest BCUT2D eigenvalue weighted by Gasteiger charge is 2.41. The fourth-order valence-corrected chi connectivity index (χ4v) is 4.76. The molecule has 1 saturated heterocycles. The molecule has 5 heteroatoms. The number of nitrogens with one attached hydrogen (secondary N) is 1. The normalized spacial score (nSPS) is 20.5. The first-order chi connectivity index (χ1) is 15.8. The third-order valence-electron chi connectivity index (χ3n) is 6.13. The second-order valence-corrected chi connectivity index (χ2v) is 9.61. The van der Waals surface area contributed by atoms with Crippen molar-refractivity contribution in [3.8, 4) is 0 Å². The van der Waals surface area contributed by atoms with Crippen molar-refractivity contribution >= 4 is 12.0 Å². The second kappa shape index (κ2) is 11.4. The Bertz CT molecular complexity index is 979. The fourth-order valence-electron chi connectivity index (χ4n) is 4.76. The summed E-state index contributed by atoms with van der Waals surface area (Å²) in [4.78, 5) is 15.4. The maximum absolute atomic E-state index is 13.2. The topological polar surface area (TPSA) is 35.6 Å². The molecule has 1 aliphatic carbocycles. The van der Waals surface area contributed by atoms with Gasteiger partial charge < -0.3 is 15.0 Å². The molecule has 176 valence electrons. The number of fused-ring (bicyclic) bond motifs is 1. The first kappa shape index (κ1) is 24.9. The Morgan fingerprint density at radius 2 is 1.76 bits per heavy atom. The van der Waals surface area contributed by atoms with E-state index in [1.165, 1.54) is 28.8 Å². The number of likely N-dealkylation sites (tertiary alicyclic amines) is 1. The SMILES string of the molecule is CC1=C(Nc2ccc(F)cc2)C=C2CCN(CC=O)CC2(Cc2ccccc2)C1.CN(C)C. The van der Waals surface area contributed by atoms with Crippen LogP contribution in [-0.4, -0.2) is 56.9 Å². The molecular weight excluding hydrogens is 413 g/mol. The molecule has 2 aliphatic rings. The lowest BCUT2D eigenvalue weighted by Crippen LogP contribution is -2.48. The van der Waals surface area contributed by atoms with Gasteiger partial charge in [0.25, 0.3) is 0 Å². The molecular formula is C28H36FN3O. The largest absolute Gasteiger partial charge is 0.356 e. The van der Waals surface area contributed by atoms with Gasteiger partial charge in [-0.05, 0) is 88.8 Å². The van der Waals surface area contributed by atoms with E-state index < -0.39 is 0 Å². The van der Waals surface area contributed by atoms with Crippen molar-refractivity contribution in [2.75, 3.05) is 46.1 Å². The van der Waals surface area contributed by atoms with Gasteiger partial charge in [0, 0.05) is 29.9 Å². The van der Waals surface area contributed by atoms with Gasteiger partial charge in [-0.1, -0.05) is 35.9 Å². The molecule has 0 amide bonds. The zero-order chi connectivity index (χ0) is 23.8. The molecule has 0 spiro atoms. The van der Waals surface area contributed by atoms with Gasteiger partial charge in [0.2, 0.25) is 0 Å². The van der Waals surface area contributed by atoms with Gasteiger partial charge in [-0.2, -0.15) is 0 Å². The summed E-state index contributed by atoms with van der Waals surface area (Å²) in [7, 11) is 6.00. The number of carbonyl (C=O) groups is 1. The minimum absolute atomic E-state index is 0.0146. The van der Waals surface area contributed by atoms with Crippen LogP contribution in [0.1, 0.15) is 25.3 Å². The third-order valence-corrected chi connectivity index (χ3v) is 6.13. The molecule has 2 aromatic carbocycles. The molecule has 0 aromatic heterocycles. The summed E-state index contributed by atoms with van der Waals surface area (Å²) in [6, 6.07) is 17.1. The van der Waals surface area contributed by atoms with Crippen LogP contribution in [0.25, 0.3) is 0 Å². The van der Waals surface area contributed by atoms with Gasteiger partial charge in [0.15, 0.2) is 0 Å². The molecule has 0 bridgehead atoms. The predicted octanol–water partition coefficient (Wildman–Crippen LogP) is 5.15. The lowest BCUT2D eigenvalue weighted by Gasteiger charge is -2.47. The van der Waals surface area contributed by atoms with Crippen molar-refractivity contribution in [1.29, 1.82) is 0 Å². The fraction of sp³-hybridized carbons (Fsp3) is 0.393. The molecule has 0 radical (unpaired) electrons. The van der Waals surface area contributed by atoms with Crippen molar-refractivity contribution in [2.24, 2.45) is 5.41 Å². The van der Waals surface area contributed by atoms with Crippen LogP contribution in [0, 0.1) is 11.2 Å².